The Bertz CT molecular complexity index is 1270. The summed E-state index contributed by atoms with van der Waals surface area (Å²) in [5.41, 5.74) is 0. The minimum Gasteiger partial charge on any atom is -0.462 e. The predicted octanol–water partition coefficient (Wildman–Crippen LogP) is 5.15. The van der Waals surface area contributed by atoms with E-state index in [1.807, 2.05) is 0 Å². The smallest absolute Gasteiger partial charge is 0.306 e. The molecule has 2 fully saturated rings. The summed E-state index contributed by atoms with van der Waals surface area (Å²) in [7, 11) is 0. The molecule has 0 saturated carbocycles. The maximum absolute atomic E-state index is 12.9. The van der Waals surface area contributed by atoms with E-state index in [1.165, 1.54) is 12.8 Å². The van der Waals surface area contributed by atoms with Gasteiger partial charge < -0.3 is 64.2 Å². The van der Waals surface area contributed by atoms with Gasteiger partial charge in [-0.05, 0) is 51.4 Å². The van der Waals surface area contributed by atoms with Gasteiger partial charge in [0.2, 0.25) is 0 Å². The van der Waals surface area contributed by atoms with Crippen molar-refractivity contribution in [3.8, 4) is 0 Å². The minimum absolute atomic E-state index is 0.148. The lowest BCUT2D eigenvalue weighted by Gasteiger charge is -2.42. The van der Waals surface area contributed by atoms with Crippen LogP contribution < -0.4 is 0 Å². The van der Waals surface area contributed by atoms with E-state index in [0.29, 0.717) is 12.8 Å². The third-order valence-corrected chi connectivity index (χ3v) is 10.8. The standard InChI is InChI=1S/C47H80O15/c1-3-5-7-9-11-12-13-14-15-16-17-18-19-20-21-22-24-26-28-30-39(50)60-35(32-57-38(49)29-27-25-23-10-8-6-4-2)33-58-46-45(56)43(54)41(52)37(62-46)34-59-47-44(55)42(53)40(51)36(31-48)61-47/h5,7,11-12,14-15,17-18,35-37,40-48,51-56H,3-4,6,8-10,13,16,19-34H2,1-2H3/b7-5-,12-11-,15-14-,18-17-. The van der Waals surface area contributed by atoms with E-state index in [1.54, 1.807) is 0 Å². The van der Waals surface area contributed by atoms with Gasteiger partial charge in [-0.3, -0.25) is 9.59 Å². The zero-order valence-electron chi connectivity index (χ0n) is 37.3. The molecular weight excluding hydrogens is 805 g/mol. The van der Waals surface area contributed by atoms with Gasteiger partial charge in [-0.15, -0.1) is 0 Å². The highest BCUT2D eigenvalue weighted by atomic mass is 16.7. The summed E-state index contributed by atoms with van der Waals surface area (Å²) in [6.45, 7) is 2.38. The van der Waals surface area contributed by atoms with E-state index in [0.717, 1.165) is 89.9 Å². The van der Waals surface area contributed by atoms with Crippen LogP contribution in [0.15, 0.2) is 48.6 Å². The van der Waals surface area contributed by atoms with Crippen LogP contribution in [0.2, 0.25) is 0 Å². The fraction of sp³-hybridized carbons (Fsp3) is 0.787. The molecule has 2 heterocycles. The Morgan fingerprint density at radius 2 is 1.02 bits per heavy atom. The van der Waals surface area contributed by atoms with Gasteiger partial charge in [0, 0.05) is 12.8 Å². The third-order valence-electron chi connectivity index (χ3n) is 10.8. The molecule has 0 aromatic carbocycles. The summed E-state index contributed by atoms with van der Waals surface area (Å²) in [6.07, 6.45) is 18.9. The largest absolute Gasteiger partial charge is 0.462 e. The Balaban J connectivity index is 1.81. The molecule has 11 unspecified atom stereocenters. The highest BCUT2D eigenvalue weighted by molar-refractivity contribution is 5.70. The van der Waals surface area contributed by atoms with Crippen LogP contribution in [0.25, 0.3) is 0 Å². The minimum atomic E-state index is -1.77. The zero-order valence-corrected chi connectivity index (χ0v) is 37.3. The fourth-order valence-corrected chi connectivity index (χ4v) is 6.97. The lowest BCUT2D eigenvalue weighted by Crippen LogP contribution is -2.61. The Morgan fingerprint density at radius 3 is 1.60 bits per heavy atom. The Kier molecular flexibility index (Phi) is 31.2. The normalized spacial score (nSPS) is 27.5. The molecule has 15 nitrogen and oxygen atoms in total. The van der Waals surface area contributed by atoms with Crippen LogP contribution in [0.1, 0.15) is 142 Å². The van der Waals surface area contributed by atoms with Crippen molar-refractivity contribution in [2.24, 2.45) is 0 Å². The second-order valence-electron chi connectivity index (χ2n) is 16.2. The second kappa shape index (κ2) is 34.8. The van der Waals surface area contributed by atoms with Gasteiger partial charge in [0.05, 0.1) is 19.8 Å². The predicted molar refractivity (Wildman–Crippen MR) is 233 cm³/mol. The Hall–Kier alpha value is -2.54. The molecule has 62 heavy (non-hydrogen) atoms. The van der Waals surface area contributed by atoms with Crippen molar-refractivity contribution in [2.75, 3.05) is 26.4 Å². The lowest BCUT2D eigenvalue weighted by molar-refractivity contribution is -0.332. The Labute approximate surface area is 369 Å². The number of ether oxygens (including phenoxy) is 6. The average Bonchev–Trinajstić information content (AvgIpc) is 3.26. The summed E-state index contributed by atoms with van der Waals surface area (Å²) in [5, 5.41) is 71.8. The summed E-state index contributed by atoms with van der Waals surface area (Å²) in [6, 6.07) is 0. The van der Waals surface area contributed by atoms with Crippen molar-refractivity contribution in [1.82, 2.24) is 0 Å². The zero-order chi connectivity index (χ0) is 45.4. The summed E-state index contributed by atoms with van der Waals surface area (Å²) in [4.78, 5) is 25.5. The molecule has 15 heteroatoms. The van der Waals surface area contributed by atoms with E-state index >= 15 is 0 Å². The van der Waals surface area contributed by atoms with Crippen LogP contribution in [-0.2, 0) is 38.0 Å². The molecule has 2 rings (SSSR count). The van der Waals surface area contributed by atoms with Gasteiger partial charge in [-0.1, -0.05) is 127 Å². The molecule has 0 radical (unpaired) electrons. The molecule has 2 aliphatic rings. The topological polar surface area (TPSA) is 231 Å². The quantitative estimate of drug-likeness (QED) is 0.0252. The van der Waals surface area contributed by atoms with Crippen LogP contribution >= 0.6 is 0 Å². The van der Waals surface area contributed by atoms with Gasteiger partial charge in [0.25, 0.3) is 0 Å². The van der Waals surface area contributed by atoms with Gasteiger partial charge in [0.1, 0.15) is 55.4 Å². The molecule has 0 aromatic rings. The molecule has 2 aliphatic heterocycles. The number of unbranched alkanes of at least 4 members (excludes halogenated alkanes) is 12. The summed E-state index contributed by atoms with van der Waals surface area (Å²) in [5.74, 6) is -0.952. The fourth-order valence-electron chi connectivity index (χ4n) is 6.97. The summed E-state index contributed by atoms with van der Waals surface area (Å²) < 4.78 is 33.4. The van der Waals surface area contributed by atoms with Crippen molar-refractivity contribution in [3.63, 3.8) is 0 Å². The first-order chi connectivity index (χ1) is 30.0. The molecule has 0 bridgehead atoms. The van der Waals surface area contributed by atoms with Crippen LogP contribution in [0.3, 0.4) is 0 Å². The first kappa shape index (κ1) is 55.6. The number of hydrogen-bond acceptors (Lipinski definition) is 15. The number of rotatable bonds is 34. The molecule has 0 spiro atoms. The first-order valence-corrected chi connectivity index (χ1v) is 23.2. The van der Waals surface area contributed by atoms with Gasteiger partial charge in [0.15, 0.2) is 18.7 Å². The van der Waals surface area contributed by atoms with Crippen LogP contribution in [0.4, 0.5) is 0 Å². The molecular formula is C47H80O15. The number of carbonyl (C=O) groups is 2. The van der Waals surface area contributed by atoms with Crippen LogP contribution in [0.5, 0.6) is 0 Å². The van der Waals surface area contributed by atoms with Crippen molar-refractivity contribution in [1.29, 1.82) is 0 Å². The lowest BCUT2D eigenvalue weighted by atomic mass is 9.98. The molecule has 358 valence electrons. The molecule has 0 aromatic heterocycles. The van der Waals surface area contributed by atoms with E-state index in [-0.39, 0.29) is 26.1 Å². The molecule has 11 atom stereocenters. The molecule has 2 saturated heterocycles. The number of carbonyl (C=O) groups excluding carboxylic acids is 2. The van der Waals surface area contributed by atoms with E-state index in [4.69, 9.17) is 28.4 Å². The highest BCUT2D eigenvalue weighted by Crippen LogP contribution is 2.26. The number of hydrogen-bond donors (Lipinski definition) is 7. The Morgan fingerprint density at radius 1 is 0.532 bits per heavy atom. The molecule has 0 amide bonds. The maximum Gasteiger partial charge on any atom is 0.306 e. The van der Waals surface area contributed by atoms with Gasteiger partial charge in [-0.2, -0.15) is 0 Å². The van der Waals surface area contributed by atoms with Crippen molar-refractivity contribution in [2.45, 2.75) is 210 Å². The first-order valence-electron chi connectivity index (χ1n) is 23.2. The number of esters is 2. The van der Waals surface area contributed by atoms with Crippen LogP contribution in [-0.4, -0.2) is 142 Å². The van der Waals surface area contributed by atoms with Crippen molar-refractivity contribution in [3.05, 3.63) is 48.6 Å². The van der Waals surface area contributed by atoms with E-state index in [2.05, 4.69) is 62.5 Å². The van der Waals surface area contributed by atoms with Gasteiger partial charge in [-0.25, -0.2) is 0 Å². The number of allylic oxidation sites excluding steroid dienone is 8. The second-order valence-corrected chi connectivity index (χ2v) is 16.2. The van der Waals surface area contributed by atoms with Crippen molar-refractivity contribution >= 4 is 11.9 Å². The summed E-state index contributed by atoms with van der Waals surface area (Å²) >= 11 is 0. The molecule has 0 aliphatic carbocycles. The van der Waals surface area contributed by atoms with E-state index in [9.17, 15) is 45.3 Å². The monoisotopic (exact) mass is 885 g/mol. The SMILES string of the molecule is CC/C=C\C/C=C\C/C=C\C/C=C\CCCCCCCCC(=O)OC(COC(=O)CCCCCCCCC)COC1OC(COC2OC(CO)C(O)C(O)C2O)C(O)C(O)C1O. The van der Waals surface area contributed by atoms with Crippen LogP contribution in [0, 0.1) is 0 Å². The molecule has 7 N–H and O–H groups in total. The third kappa shape index (κ3) is 23.4. The maximum atomic E-state index is 12.9. The number of aliphatic hydroxyl groups is 7. The van der Waals surface area contributed by atoms with Crippen molar-refractivity contribution < 1.29 is 73.8 Å². The van der Waals surface area contributed by atoms with E-state index < -0.39 is 92.7 Å². The number of aliphatic hydroxyl groups excluding tert-OH is 7. The van der Waals surface area contributed by atoms with Gasteiger partial charge >= 0.3 is 11.9 Å². The highest BCUT2D eigenvalue weighted by Gasteiger charge is 2.47. The average molecular weight is 885 g/mol.